The number of rotatable bonds is 4. The monoisotopic (exact) mass is 207 g/mol. The third-order valence-corrected chi connectivity index (χ3v) is 1.75. The third-order valence-electron chi connectivity index (χ3n) is 1.75. The molecule has 1 radical (unpaired) electrons. The number of nitrogens with zero attached hydrogens (tertiary/aromatic N) is 2. The van der Waals surface area contributed by atoms with Crippen molar-refractivity contribution >= 4 is 11.4 Å². The van der Waals surface area contributed by atoms with Crippen molar-refractivity contribution in [3.05, 3.63) is 56.6 Å². The van der Waals surface area contributed by atoms with Crippen LogP contribution in [0.4, 0.5) is 11.4 Å². The molecule has 0 saturated heterocycles. The zero-order valence-corrected chi connectivity index (χ0v) is 7.67. The largest absolute Gasteiger partial charge is 0.350 e. The van der Waals surface area contributed by atoms with Gasteiger partial charge in [-0.15, -0.1) is 6.58 Å². The van der Waals surface area contributed by atoms with Crippen molar-refractivity contribution in [3.8, 4) is 0 Å². The molecule has 0 aliphatic heterocycles. The van der Waals surface area contributed by atoms with Crippen molar-refractivity contribution in [2.45, 2.75) is 6.42 Å². The van der Waals surface area contributed by atoms with E-state index in [-0.39, 0.29) is 12.0 Å². The zero-order valence-electron chi connectivity index (χ0n) is 7.67. The lowest BCUT2D eigenvalue weighted by Crippen LogP contribution is -2.00. The Morgan fingerprint density at radius 1 is 1.40 bits per heavy atom. The van der Waals surface area contributed by atoms with Crippen molar-refractivity contribution < 1.29 is 9.85 Å². The highest BCUT2D eigenvalue weighted by molar-refractivity contribution is 5.57. The lowest BCUT2D eigenvalue weighted by molar-refractivity contribution is -0.422. The number of allylic oxidation sites excluding steroid dienone is 1. The van der Waals surface area contributed by atoms with E-state index in [2.05, 4.69) is 12.6 Å². The van der Waals surface area contributed by atoms with E-state index in [4.69, 9.17) is 0 Å². The minimum atomic E-state index is -0.779. The van der Waals surface area contributed by atoms with E-state index >= 15 is 0 Å². The van der Waals surface area contributed by atoms with Crippen molar-refractivity contribution in [2.75, 3.05) is 0 Å². The maximum atomic E-state index is 10.7. The van der Waals surface area contributed by atoms with Gasteiger partial charge in [-0.05, 0) is 18.6 Å². The minimum absolute atomic E-state index is 0.171. The lowest BCUT2D eigenvalue weighted by atomic mass is 10.1. The normalized spacial score (nSPS) is 9.60. The van der Waals surface area contributed by atoms with Gasteiger partial charge in [0.05, 0.1) is 9.85 Å². The van der Waals surface area contributed by atoms with Crippen molar-refractivity contribution in [1.29, 1.82) is 0 Å². The molecule has 1 rings (SSSR count). The highest BCUT2D eigenvalue weighted by atomic mass is 16.6. The molecule has 1 aromatic rings. The van der Waals surface area contributed by atoms with Gasteiger partial charge in [-0.1, -0.05) is 6.08 Å². The van der Waals surface area contributed by atoms with E-state index in [1.165, 1.54) is 12.1 Å². The predicted molar refractivity (Wildman–Crippen MR) is 52.5 cm³/mol. The molecule has 6 nitrogen and oxygen atoms in total. The lowest BCUT2D eigenvalue weighted by Gasteiger charge is -1.99. The summed E-state index contributed by atoms with van der Waals surface area (Å²) in [5, 5.41) is 21.2. The molecular formula is C9H7N2O4. The smallest absolute Gasteiger partial charge is 0.258 e. The van der Waals surface area contributed by atoms with Gasteiger partial charge in [0.2, 0.25) is 0 Å². The fraction of sp³-hybridized carbons (Fsp3) is 0.111. The number of benzene rings is 1. The molecule has 0 spiro atoms. The summed E-state index contributed by atoms with van der Waals surface area (Å²) in [6.45, 7) is 3.42. The van der Waals surface area contributed by atoms with Gasteiger partial charge in [-0.3, -0.25) is 20.2 Å². The second kappa shape index (κ2) is 4.32. The van der Waals surface area contributed by atoms with Crippen molar-refractivity contribution in [1.82, 2.24) is 0 Å². The molecule has 0 atom stereocenters. The summed E-state index contributed by atoms with van der Waals surface area (Å²) < 4.78 is 0. The van der Waals surface area contributed by atoms with Gasteiger partial charge >= 0.3 is 11.4 Å². The number of nitro groups is 2. The first-order chi connectivity index (χ1) is 7.07. The number of hydrogen-bond acceptors (Lipinski definition) is 4. The minimum Gasteiger partial charge on any atom is -0.258 e. The van der Waals surface area contributed by atoms with E-state index in [1.54, 1.807) is 0 Å². The second-order valence-corrected chi connectivity index (χ2v) is 2.70. The van der Waals surface area contributed by atoms with Crippen LogP contribution in [-0.4, -0.2) is 9.85 Å². The third kappa shape index (κ3) is 2.16. The fourth-order valence-electron chi connectivity index (χ4n) is 1.17. The molecule has 0 fully saturated rings. The van der Waals surface area contributed by atoms with Gasteiger partial charge in [0.1, 0.15) is 0 Å². The molecule has 0 aromatic heterocycles. The van der Waals surface area contributed by atoms with Gasteiger partial charge in [-0.25, -0.2) is 0 Å². The molecule has 0 aliphatic rings. The molecule has 0 amide bonds. The van der Waals surface area contributed by atoms with Crippen LogP contribution in [0.25, 0.3) is 0 Å². The molecule has 1 aromatic carbocycles. The van der Waals surface area contributed by atoms with Crippen LogP contribution >= 0.6 is 0 Å². The maximum Gasteiger partial charge on any atom is 0.350 e. The first kappa shape index (κ1) is 10.8. The van der Waals surface area contributed by atoms with Crippen LogP contribution in [-0.2, 0) is 6.42 Å². The molecular weight excluding hydrogens is 200 g/mol. The van der Waals surface area contributed by atoms with Crippen molar-refractivity contribution in [2.24, 2.45) is 0 Å². The Kier molecular flexibility index (Phi) is 3.12. The van der Waals surface area contributed by atoms with Crippen LogP contribution in [0.3, 0.4) is 0 Å². The van der Waals surface area contributed by atoms with E-state index in [1.807, 2.05) is 0 Å². The number of nitro benzene ring substituents is 2. The van der Waals surface area contributed by atoms with Crippen LogP contribution in [0.5, 0.6) is 0 Å². The van der Waals surface area contributed by atoms with Gasteiger partial charge in [-0.2, -0.15) is 0 Å². The van der Waals surface area contributed by atoms with E-state index in [9.17, 15) is 20.2 Å². The van der Waals surface area contributed by atoms with Gasteiger partial charge < -0.3 is 0 Å². The van der Waals surface area contributed by atoms with Crippen LogP contribution < -0.4 is 0 Å². The van der Waals surface area contributed by atoms with E-state index in [0.717, 1.165) is 6.07 Å². The average Bonchev–Trinajstić information content (AvgIpc) is 2.17. The Morgan fingerprint density at radius 2 is 2.07 bits per heavy atom. The Morgan fingerprint density at radius 3 is 2.53 bits per heavy atom. The first-order valence-corrected chi connectivity index (χ1v) is 4.01. The summed E-state index contributed by atoms with van der Waals surface area (Å²) in [4.78, 5) is 19.7. The second-order valence-electron chi connectivity index (χ2n) is 2.70. The topological polar surface area (TPSA) is 86.3 Å². The fourth-order valence-corrected chi connectivity index (χ4v) is 1.17. The highest BCUT2D eigenvalue weighted by Gasteiger charge is 2.27. The summed E-state index contributed by atoms with van der Waals surface area (Å²) in [5.41, 5.74) is -0.859. The quantitative estimate of drug-likeness (QED) is 0.429. The predicted octanol–water partition coefficient (Wildman–Crippen LogP) is 2.03. The summed E-state index contributed by atoms with van der Waals surface area (Å²) >= 11 is 0. The molecule has 0 N–H and O–H groups in total. The standard InChI is InChI=1S/C9H7N2O4/c1-2-4-7-5-3-6-8(10(12)13)9(7)11(14)15/h2-3,6H,1,4H2. The van der Waals surface area contributed by atoms with Gasteiger partial charge in [0, 0.05) is 11.6 Å². The SMILES string of the molecule is C=CCc1[c]ccc([N+](=O)[O-])c1[N+](=O)[O-]. The molecule has 15 heavy (non-hydrogen) atoms. The van der Waals surface area contributed by atoms with Crippen molar-refractivity contribution in [3.63, 3.8) is 0 Å². The molecule has 0 saturated carbocycles. The molecule has 77 valence electrons. The Balaban J connectivity index is 3.40. The summed E-state index contributed by atoms with van der Waals surface area (Å²) in [5.74, 6) is 0. The van der Waals surface area contributed by atoms with Crippen LogP contribution in [0.1, 0.15) is 5.56 Å². The Bertz CT molecular complexity index is 428. The molecule has 0 heterocycles. The Hall–Kier alpha value is -2.24. The summed E-state index contributed by atoms with van der Waals surface area (Å²) in [7, 11) is 0. The van der Waals surface area contributed by atoms with Gasteiger partial charge in [0.15, 0.2) is 0 Å². The Labute approximate surface area is 85.1 Å². The zero-order chi connectivity index (χ0) is 11.4. The molecule has 0 aliphatic carbocycles. The maximum absolute atomic E-state index is 10.7. The molecule has 0 bridgehead atoms. The van der Waals surface area contributed by atoms with Crippen LogP contribution in [0.2, 0.25) is 0 Å². The van der Waals surface area contributed by atoms with E-state index in [0.29, 0.717) is 0 Å². The average molecular weight is 207 g/mol. The van der Waals surface area contributed by atoms with Gasteiger partial charge in [0.25, 0.3) is 0 Å². The van der Waals surface area contributed by atoms with Crippen LogP contribution in [0.15, 0.2) is 24.8 Å². The molecule has 6 heteroatoms. The van der Waals surface area contributed by atoms with E-state index < -0.39 is 21.2 Å². The van der Waals surface area contributed by atoms with Crippen LogP contribution in [0, 0.1) is 26.3 Å². The number of hydrogen-bond donors (Lipinski definition) is 0. The summed E-state index contributed by atoms with van der Waals surface area (Å²) in [6, 6.07) is 4.95. The first-order valence-electron chi connectivity index (χ1n) is 4.01. The summed E-state index contributed by atoms with van der Waals surface area (Å²) in [6.07, 6.45) is 1.61. The molecule has 0 unspecified atom stereocenters. The highest BCUT2D eigenvalue weighted by Crippen LogP contribution is 2.30.